The molecule has 0 saturated heterocycles. The van der Waals surface area contributed by atoms with Crippen molar-refractivity contribution in [1.29, 1.82) is 0 Å². The van der Waals surface area contributed by atoms with E-state index in [1.54, 1.807) is 22.3 Å². The van der Waals surface area contributed by atoms with Crippen molar-refractivity contribution in [3.8, 4) is 0 Å². The summed E-state index contributed by atoms with van der Waals surface area (Å²) in [5, 5.41) is 3.64. The fourth-order valence-electron chi connectivity index (χ4n) is 5.25. The molecule has 0 N–H and O–H groups in total. The van der Waals surface area contributed by atoms with E-state index < -0.39 is 15.2 Å². The molecule has 5 heteroatoms. The Morgan fingerprint density at radius 2 is 0.963 bits per heavy atom. The van der Waals surface area contributed by atoms with Crippen LogP contribution in [0.25, 0.3) is 0 Å². The molecule has 2 aromatic rings. The van der Waals surface area contributed by atoms with E-state index in [1.165, 1.54) is 51.4 Å². The number of halogens is 2. The van der Waals surface area contributed by atoms with E-state index >= 15 is 0 Å². The summed E-state index contributed by atoms with van der Waals surface area (Å²) < 4.78 is 0. The van der Waals surface area contributed by atoms with Gasteiger partial charge in [0.1, 0.15) is 0 Å². The Morgan fingerprint density at radius 3 is 1.33 bits per heavy atom. The van der Waals surface area contributed by atoms with Gasteiger partial charge in [0.2, 0.25) is 0 Å². The standard InChI is InChI=1S/C22H32Si2.2BrH.Hf/c1-23(2,21-15-13-17-9-5-7-11-19(17)21)24(3,4)22-16-14-18-10-6-8-12-20(18)22;;;/h13-16H,5-12H2,1-4H3;2*1H;/q-2;;;+4/p-2. The molecule has 0 unspecified atom stereocenters. The van der Waals surface area contributed by atoms with Crippen molar-refractivity contribution in [2.45, 2.75) is 77.6 Å². The first-order chi connectivity index (χ1) is 11.4. The molecule has 0 radical (unpaired) electrons. The molecule has 27 heavy (non-hydrogen) atoms. The van der Waals surface area contributed by atoms with Crippen LogP contribution in [-0.2, 0) is 51.5 Å². The van der Waals surface area contributed by atoms with Gasteiger partial charge in [-0.3, -0.25) is 0 Å². The van der Waals surface area contributed by atoms with Crippen molar-refractivity contribution < 1.29 is 59.8 Å². The Bertz CT molecular complexity index is 694. The molecule has 0 atom stereocenters. The van der Waals surface area contributed by atoms with E-state index in [4.69, 9.17) is 0 Å². The predicted molar refractivity (Wildman–Crippen MR) is 112 cm³/mol. The molecule has 0 saturated carbocycles. The SMILES string of the molecule is C[Si](C)([c-]1ccc2c1CCCC2)[Si](C)(C)[c-]1ccc2c1CCCC2.[Br-].[Br-].[Hf+4]. The molecule has 4 rings (SSSR count). The molecule has 0 fully saturated rings. The van der Waals surface area contributed by atoms with Crippen molar-refractivity contribution in [2.24, 2.45) is 0 Å². The Balaban J connectivity index is 0.00000121. The molecule has 0 aliphatic heterocycles. The Morgan fingerprint density at radius 1 is 0.630 bits per heavy atom. The largest absolute Gasteiger partial charge is 4.00 e. The summed E-state index contributed by atoms with van der Waals surface area (Å²) in [4.78, 5) is 0. The molecular weight excluding hydrogens is 659 g/mol. The smallest absolute Gasteiger partial charge is 1.00 e. The molecule has 2 aliphatic carbocycles. The quantitative estimate of drug-likeness (QED) is 0.272. The van der Waals surface area contributed by atoms with Crippen LogP contribution in [0.2, 0.25) is 26.2 Å². The normalized spacial score (nSPS) is 16.3. The third kappa shape index (κ3) is 4.38. The van der Waals surface area contributed by atoms with Gasteiger partial charge in [-0.2, -0.15) is 44.8 Å². The van der Waals surface area contributed by atoms with E-state index in [9.17, 15) is 0 Å². The van der Waals surface area contributed by atoms with Gasteiger partial charge in [0, 0.05) is 15.2 Å². The van der Waals surface area contributed by atoms with E-state index in [-0.39, 0.29) is 59.8 Å². The van der Waals surface area contributed by atoms with Crippen LogP contribution in [0.3, 0.4) is 0 Å². The first-order valence-corrected chi connectivity index (χ1v) is 17.0. The first-order valence-electron chi connectivity index (χ1n) is 9.99. The molecule has 0 spiro atoms. The molecule has 0 aromatic heterocycles. The maximum Gasteiger partial charge on any atom is 4.00 e. The van der Waals surface area contributed by atoms with E-state index in [1.807, 2.05) is 10.4 Å². The zero-order valence-electron chi connectivity index (χ0n) is 17.2. The van der Waals surface area contributed by atoms with Gasteiger partial charge in [0.15, 0.2) is 0 Å². The minimum absolute atomic E-state index is 0. The topological polar surface area (TPSA) is 0 Å². The van der Waals surface area contributed by atoms with Crippen molar-refractivity contribution >= 4 is 25.6 Å². The monoisotopic (exact) mass is 690 g/mol. The summed E-state index contributed by atoms with van der Waals surface area (Å²) in [7, 11) is -2.92. The van der Waals surface area contributed by atoms with Gasteiger partial charge < -0.3 is 34.0 Å². The third-order valence-corrected chi connectivity index (χ3v) is 25.2. The molecule has 0 bridgehead atoms. The van der Waals surface area contributed by atoms with Crippen molar-refractivity contribution in [3.63, 3.8) is 0 Å². The van der Waals surface area contributed by atoms with Gasteiger partial charge in [-0.25, -0.2) is 12.1 Å². The van der Waals surface area contributed by atoms with Crippen LogP contribution < -0.4 is 44.3 Å². The van der Waals surface area contributed by atoms with Crippen LogP contribution >= 0.6 is 0 Å². The molecule has 146 valence electrons. The van der Waals surface area contributed by atoms with Gasteiger partial charge in [-0.05, 0) is 0 Å². The fraction of sp³-hybridized carbons (Fsp3) is 0.545. The van der Waals surface area contributed by atoms with Gasteiger partial charge in [-0.1, -0.05) is 77.6 Å². The molecule has 0 nitrogen and oxygen atoms in total. The molecule has 0 amide bonds. The summed E-state index contributed by atoms with van der Waals surface area (Å²) in [6.07, 6.45) is 11.0. The van der Waals surface area contributed by atoms with Crippen LogP contribution in [-0.4, -0.2) is 15.2 Å². The average Bonchev–Trinajstić information content (AvgIpc) is 3.19. The van der Waals surface area contributed by atoms with E-state index in [0.717, 1.165) is 0 Å². The Hall–Kier alpha value is 0.964. The fourth-order valence-corrected chi connectivity index (χ4v) is 15.1. The number of hydrogen-bond donors (Lipinski definition) is 0. The summed E-state index contributed by atoms with van der Waals surface area (Å²) in [5.74, 6) is 0. The number of aryl methyl sites for hydroxylation is 2. The second-order valence-electron chi connectivity index (χ2n) is 9.17. The van der Waals surface area contributed by atoms with Crippen LogP contribution in [0.1, 0.15) is 47.9 Å². The van der Waals surface area contributed by atoms with Crippen LogP contribution in [0.15, 0.2) is 24.3 Å². The van der Waals surface area contributed by atoms with Crippen molar-refractivity contribution in [1.82, 2.24) is 0 Å². The minimum atomic E-state index is -1.46. The number of hydrogen-bond acceptors (Lipinski definition) is 0. The summed E-state index contributed by atoms with van der Waals surface area (Å²) >= 11 is 0. The van der Waals surface area contributed by atoms with Crippen molar-refractivity contribution in [2.75, 3.05) is 0 Å². The molecular formula is C22H32Br2HfSi2. The van der Waals surface area contributed by atoms with Crippen LogP contribution in [0.5, 0.6) is 0 Å². The zero-order valence-corrected chi connectivity index (χ0v) is 26.0. The zero-order chi connectivity index (χ0) is 16.9. The maximum atomic E-state index is 2.69. The summed E-state index contributed by atoms with van der Waals surface area (Å²) in [6.45, 7) is 10.7. The number of fused-ring (bicyclic) bond motifs is 2. The summed E-state index contributed by atoms with van der Waals surface area (Å²) in [6, 6.07) is 10.0. The van der Waals surface area contributed by atoms with E-state index in [0.29, 0.717) is 0 Å². The third-order valence-electron chi connectivity index (χ3n) is 7.48. The first kappa shape index (κ1) is 26.0. The second kappa shape index (κ2) is 9.85. The maximum absolute atomic E-state index is 2.69. The Labute approximate surface area is 207 Å². The van der Waals surface area contributed by atoms with Crippen LogP contribution in [0, 0.1) is 0 Å². The van der Waals surface area contributed by atoms with Gasteiger partial charge in [0.25, 0.3) is 0 Å². The molecule has 2 aliphatic rings. The molecule has 0 heterocycles. The van der Waals surface area contributed by atoms with Crippen molar-refractivity contribution in [3.05, 3.63) is 46.5 Å². The van der Waals surface area contributed by atoms with Crippen LogP contribution in [0.4, 0.5) is 0 Å². The predicted octanol–water partition coefficient (Wildman–Crippen LogP) is -1.50. The second-order valence-corrected chi connectivity index (χ2v) is 24.2. The summed E-state index contributed by atoms with van der Waals surface area (Å²) in [5.41, 5.74) is 6.93. The Kier molecular flexibility index (Phi) is 9.48. The average molecular weight is 691 g/mol. The van der Waals surface area contributed by atoms with Gasteiger partial charge in [-0.15, -0.1) is 0 Å². The van der Waals surface area contributed by atoms with Gasteiger partial charge >= 0.3 is 25.8 Å². The van der Waals surface area contributed by atoms with E-state index in [2.05, 4.69) is 50.5 Å². The van der Waals surface area contributed by atoms with Gasteiger partial charge in [0.05, 0.1) is 0 Å². The molecule has 2 aromatic carbocycles. The number of rotatable bonds is 3. The minimum Gasteiger partial charge on any atom is -1.00 e.